The van der Waals surface area contributed by atoms with Crippen molar-refractivity contribution in [1.82, 2.24) is 24.6 Å². The highest BCUT2D eigenvalue weighted by atomic mass is 31.2. The summed E-state index contributed by atoms with van der Waals surface area (Å²) in [6, 6.07) is 16.6. The van der Waals surface area contributed by atoms with Gasteiger partial charge in [-0.1, -0.05) is 145 Å². The number of ether oxygens (including phenoxy) is 2. The molecule has 0 bridgehead atoms. The molecule has 1 fully saturated rings. The molecule has 0 spiro atoms. The second-order valence-corrected chi connectivity index (χ2v) is 17.7. The first-order chi connectivity index (χ1) is 29.6. The van der Waals surface area contributed by atoms with E-state index in [1.165, 1.54) is 62.3 Å². The number of anilines is 1. The van der Waals surface area contributed by atoms with Crippen LogP contribution in [0.15, 0.2) is 67.0 Å². The van der Waals surface area contributed by atoms with Crippen LogP contribution in [0.4, 0.5) is 10.2 Å². The number of nitrogens with zero attached hydrogens (tertiary/aromatic N) is 4. The zero-order chi connectivity index (χ0) is 43.5. The van der Waals surface area contributed by atoms with Crippen molar-refractivity contribution in [3.05, 3.63) is 78.6 Å². The zero-order valence-electron chi connectivity index (χ0n) is 35.8. The van der Waals surface area contributed by atoms with E-state index in [0.717, 1.165) is 56.9 Å². The average Bonchev–Trinajstić information content (AvgIpc) is 3.83. The van der Waals surface area contributed by atoms with E-state index in [0.29, 0.717) is 0 Å². The highest BCUT2D eigenvalue weighted by Crippen LogP contribution is 2.48. The molecule has 2 aromatic carbocycles. The van der Waals surface area contributed by atoms with Crippen LogP contribution in [-0.2, 0) is 29.8 Å². The maximum absolute atomic E-state index is 15.0. The van der Waals surface area contributed by atoms with Crippen LogP contribution in [0, 0.1) is 18.4 Å². The van der Waals surface area contributed by atoms with E-state index in [4.69, 9.17) is 30.7 Å². The van der Waals surface area contributed by atoms with Gasteiger partial charge in [0, 0.05) is 6.42 Å². The smallest absolute Gasteiger partial charge is 0.459 e. The van der Waals surface area contributed by atoms with Crippen LogP contribution in [-0.4, -0.2) is 61.1 Å². The molecule has 1 saturated heterocycles. The Labute approximate surface area is 360 Å². The molecule has 61 heavy (non-hydrogen) atoms. The molecule has 332 valence electrons. The van der Waals surface area contributed by atoms with Crippen molar-refractivity contribution in [3.63, 3.8) is 0 Å². The Morgan fingerprint density at radius 1 is 0.967 bits per heavy atom. The number of nitrogens with two attached hydrogens (primary N) is 1. The predicted molar refractivity (Wildman–Crippen MR) is 235 cm³/mol. The van der Waals surface area contributed by atoms with Gasteiger partial charge in [0.1, 0.15) is 36.8 Å². The Balaban J connectivity index is 1.35. The number of terminal acetylenes is 1. The number of carbonyl (C=O) groups is 1. The number of nitrogens with one attached hydrogen (secondary N) is 1. The Kier molecular flexibility index (Phi) is 19.0. The van der Waals surface area contributed by atoms with E-state index >= 15 is 4.57 Å². The van der Waals surface area contributed by atoms with Gasteiger partial charge in [-0.25, -0.2) is 9.55 Å². The number of imidazole rings is 1. The minimum absolute atomic E-state index is 0.0372. The van der Waals surface area contributed by atoms with Crippen molar-refractivity contribution in [1.29, 1.82) is 0 Å². The fourth-order valence-electron chi connectivity index (χ4n) is 7.62. The van der Waals surface area contributed by atoms with Gasteiger partial charge < -0.3 is 24.8 Å². The third kappa shape index (κ3) is 14.3. The Bertz CT molecular complexity index is 2000. The van der Waals surface area contributed by atoms with Crippen LogP contribution < -0.4 is 15.3 Å². The van der Waals surface area contributed by atoms with Gasteiger partial charge in [0.15, 0.2) is 22.6 Å². The molecule has 0 saturated carbocycles. The molecule has 4 aromatic rings. The van der Waals surface area contributed by atoms with Crippen molar-refractivity contribution < 1.29 is 37.4 Å². The number of carbonyl (C=O) groups excluding carboxylic acids is 1. The summed E-state index contributed by atoms with van der Waals surface area (Å²) < 4.78 is 55.3. The molecule has 15 heteroatoms. The van der Waals surface area contributed by atoms with E-state index in [1.807, 2.05) is 30.3 Å². The Hall–Kier alpha value is -4.38. The van der Waals surface area contributed by atoms with Crippen molar-refractivity contribution in [2.24, 2.45) is 0 Å². The van der Waals surface area contributed by atoms with E-state index in [-0.39, 0.29) is 41.7 Å². The van der Waals surface area contributed by atoms with Gasteiger partial charge in [-0.05, 0) is 49.8 Å². The number of esters is 1. The molecule has 3 heterocycles. The number of fused-ring (bicyclic) bond motifs is 1. The molecule has 0 amide bonds. The first-order valence-electron chi connectivity index (χ1n) is 22.1. The van der Waals surface area contributed by atoms with Gasteiger partial charge in [0.25, 0.3) is 0 Å². The summed E-state index contributed by atoms with van der Waals surface area (Å²) in [5, 5.41) is 14.3. The fourth-order valence-corrected chi connectivity index (χ4v) is 9.14. The van der Waals surface area contributed by atoms with Gasteiger partial charge in [0.2, 0.25) is 0 Å². The van der Waals surface area contributed by atoms with Crippen LogP contribution in [0.25, 0.3) is 11.2 Å². The molecule has 0 aliphatic carbocycles. The van der Waals surface area contributed by atoms with Gasteiger partial charge in [-0.2, -0.15) is 19.4 Å². The molecule has 4 N–H and O–H groups in total. The standard InChI is InChI=1S/C46H64FN6O7P/c1-4-7-9-11-13-15-21-27-36(28-22-16-14-12-10-8-5-2)58-44(55)38(31-35-25-19-17-20-26-35)52-61(56,60-37-29-23-18-24-30-37)57-33-46(6-3)39(54)32-40(59-46)53-34-49-41-42(48)50-45(47)51-43(41)53/h3,17-20,23-26,29-30,34,36,38-40,54H,4-5,7-16,21-22,27-28,31-33H2,1-2H3,(H,52,56)(H2,48,50,51)/t38-,39-,40+,46+,61+/m0/s1. The third-order valence-corrected chi connectivity index (χ3v) is 12.7. The molecule has 0 unspecified atom stereocenters. The molecule has 13 nitrogen and oxygen atoms in total. The van der Waals surface area contributed by atoms with Crippen LogP contribution in [0.5, 0.6) is 5.75 Å². The maximum atomic E-state index is 15.0. The minimum atomic E-state index is -4.52. The van der Waals surface area contributed by atoms with Crippen molar-refractivity contribution in [3.8, 4) is 18.1 Å². The quantitative estimate of drug-likeness (QED) is 0.0162. The topological polar surface area (TPSA) is 173 Å². The first-order valence-corrected chi connectivity index (χ1v) is 23.6. The van der Waals surface area contributed by atoms with E-state index in [9.17, 15) is 14.3 Å². The lowest BCUT2D eigenvalue weighted by molar-refractivity contribution is -0.152. The summed E-state index contributed by atoms with van der Waals surface area (Å²) in [7, 11) is -4.52. The highest BCUT2D eigenvalue weighted by Gasteiger charge is 2.50. The van der Waals surface area contributed by atoms with E-state index in [2.05, 4.69) is 39.8 Å². The van der Waals surface area contributed by atoms with Gasteiger partial charge in [-0.3, -0.25) is 13.9 Å². The van der Waals surface area contributed by atoms with Crippen molar-refractivity contribution in [2.75, 3.05) is 12.3 Å². The largest absolute Gasteiger partial charge is 0.461 e. The monoisotopic (exact) mass is 862 g/mol. The lowest BCUT2D eigenvalue weighted by atomic mass is 9.99. The molecule has 2 aromatic heterocycles. The van der Waals surface area contributed by atoms with Crippen LogP contribution in [0.1, 0.15) is 135 Å². The van der Waals surface area contributed by atoms with Gasteiger partial charge in [0.05, 0.1) is 6.33 Å². The van der Waals surface area contributed by atoms with E-state index in [1.54, 1.807) is 30.3 Å². The number of benzene rings is 2. The lowest BCUT2D eigenvalue weighted by Crippen LogP contribution is -2.45. The summed E-state index contributed by atoms with van der Waals surface area (Å²) in [6.07, 6.45) is 21.2. The number of aliphatic hydroxyl groups excluding tert-OH is 1. The number of aromatic nitrogens is 4. The number of rotatable bonds is 28. The third-order valence-electron chi connectivity index (χ3n) is 11.1. The number of hydrogen-bond acceptors (Lipinski definition) is 11. The van der Waals surface area contributed by atoms with E-state index < -0.39 is 50.4 Å². The first kappa shape index (κ1) is 47.7. The van der Waals surface area contributed by atoms with Crippen LogP contribution in [0.2, 0.25) is 0 Å². The minimum Gasteiger partial charge on any atom is -0.461 e. The number of nitrogen functional groups attached to an aromatic ring is 1. The summed E-state index contributed by atoms with van der Waals surface area (Å²) in [4.78, 5) is 25.9. The van der Waals surface area contributed by atoms with Crippen molar-refractivity contribution >= 4 is 30.7 Å². The van der Waals surface area contributed by atoms with Crippen molar-refractivity contribution in [2.45, 2.75) is 160 Å². The number of unbranched alkanes of at least 4 members (excludes halogenated alkanes) is 12. The van der Waals surface area contributed by atoms with Crippen LogP contribution in [0.3, 0.4) is 0 Å². The average molecular weight is 863 g/mol. The molecular formula is C46H64FN6O7P. The summed E-state index contributed by atoms with van der Waals surface area (Å²) in [5.74, 6) is 1.94. The molecular weight excluding hydrogens is 799 g/mol. The molecule has 5 rings (SSSR count). The summed E-state index contributed by atoms with van der Waals surface area (Å²) in [6.45, 7) is 3.80. The molecule has 1 aliphatic heterocycles. The number of para-hydroxylation sites is 1. The second-order valence-electron chi connectivity index (χ2n) is 16.0. The number of aliphatic hydroxyl groups is 1. The highest BCUT2D eigenvalue weighted by molar-refractivity contribution is 7.52. The normalized spacial score (nSPS) is 19.1. The molecule has 1 aliphatic rings. The number of hydrogen-bond donors (Lipinski definition) is 3. The van der Waals surface area contributed by atoms with Gasteiger partial charge in [-0.15, -0.1) is 6.42 Å². The van der Waals surface area contributed by atoms with Gasteiger partial charge >= 0.3 is 19.8 Å². The molecule has 5 atom stereocenters. The molecule has 0 radical (unpaired) electrons. The maximum Gasteiger partial charge on any atom is 0.459 e. The Morgan fingerprint density at radius 2 is 1.56 bits per heavy atom. The summed E-state index contributed by atoms with van der Waals surface area (Å²) >= 11 is 0. The lowest BCUT2D eigenvalue weighted by Gasteiger charge is -2.30. The zero-order valence-corrected chi connectivity index (χ0v) is 36.7. The number of halogens is 1. The SMILES string of the molecule is C#C[C@]1(CO[P@](=O)(N[C@@H](Cc2ccccc2)C(=O)OC(CCCCCCCCC)CCCCCCCCC)Oc2ccccc2)O[C@@H](n2cnc3c(N)nc(F)nc32)C[C@@H]1O. The van der Waals surface area contributed by atoms with Crippen LogP contribution >= 0.6 is 7.75 Å². The Morgan fingerprint density at radius 3 is 2.16 bits per heavy atom. The second kappa shape index (κ2) is 24.3. The fraction of sp³-hybridized carbons (Fsp3) is 0.565. The predicted octanol–water partition coefficient (Wildman–Crippen LogP) is 9.80. The summed E-state index contributed by atoms with van der Waals surface area (Å²) in [5.41, 5.74) is 4.98.